The average molecular weight is 468 g/mol. The van der Waals surface area contributed by atoms with Crippen LogP contribution in [0.3, 0.4) is 0 Å². The molecule has 30 heavy (non-hydrogen) atoms. The van der Waals surface area contributed by atoms with Crippen LogP contribution in [0.5, 0.6) is 0 Å². The van der Waals surface area contributed by atoms with Crippen LogP contribution >= 0.6 is 23.2 Å². The third kappa shape index (κ3) is 4.35. The minimum Gasteiger partial charge on any atom is -0.355 e. The van der Waals surface area contributed by atoms with E-state index in [0.717, 1.165) is 12.8 Å². The Morgan fingerprint density at radius 1 is 1.13 bits per heavy atom. The number of halogens is 2. The first-order valence-corrected chi connectivity index (χ1v) is 12.2. The molecule has 0 bridgehead atoms. The van der Waals surface area contributed by atoms with E-state index in [1.807, 2.05) is 24.3 Å². The maximum absolute atomic E-state index is 12.8. The quantitative estimate of drug-likeness (QED) is 0.657. The van der Waals surface area contributed by atoms with Crippen molar-refractivity contribution in [1.82, 2.24) is 14.6 Å². The van der Waals surface area contributed by atoms with Gasteiger partial charge in [0.25, 0.3) is 0 Å². The largest absolute Gasteiger partial charge is 0.355 e. The summed E-state index contributed by atoms with van der Waals surface area (Å²) in [6.07, 6.45) is 4.50. The summed E-state index contributed by atoms with van der Waals surface area (Å²) in [5.41, 5.74) is 1.20. The minimum absolute atomic E-state index is 0.00134. The van der Waals surface area contributed by atoms with E-state index in [2.05, 4.69) is 10.3 Å². The summed E-state index contributed by atoms with van der Waals surface area (Å²) < 4.78 is 27.0. The molecule has 1 saturated carbocycles. The van der Waals surface area contributed by atoms with E-state index in [-0.39, 0.29) is 40.4 Å². The summed E-state index contributed by atoms with van der Waals surface area (Å²) in [6, 6.07) is 10.8. The van der Waals surface area contributed by atoms with E-state index in [1.165, 1.54) is 22.1 Å². The van der Waals surface area contributed by atoms with Gasteiger partial charge in [0.15, 0.2) is 0 Å². The van der Waals surface area contributed by atoms with Gasteiger partial charge in [-0.1, -0.05) is 35.3 Å². The first kappa shape index (κ1) is 21.6. The molecule has 2 heterocycles. The molecule has 1 amide bonds. The van der Waals surface area contributed by atoms with E-state index in [1.54, 1.807) is 6.07 Å². The Morgan fingerprint density at radius 2 is 1.80 bits per heavy atom. The lowest BCUT2D eigenvalue weighted by Crippen LogP contribution is -2.44. The number of rotatable bonds is 6. The van der Waals surface area contributed by atoms with Crippen LogP contribution in [0, 0.1) is 5.92 Å². The Labute approximate surface area is 186 Å². The number of amides is 1. The summed E-state index contributed by atoms with van der Waals surface area (Å²) >= 11 is 11.9. The fourth-order valence-corrected chi connectivity index (χ4v) is 6.01. The van der Waals surface area contributed by atoms with Crippen LogP contribution in [0.25, 0.3) is 0 Å². The fourth-order valence-electron chi connectivity index (χ4n) is 3.98. The first-order chi connectivity index (χ1) is 14.3. The number of hydrogen-bond acceptors (Lipinski definition) is 4. The molecule has 1 aliphatic heterocycles. The van der Waals surface area contributed by atoms with Crippen molar-refractivity contribution in [2.24, 2.45) is 5.92 Å². The van der Waals surface area contributed by atoms with Crippen LogP contribution in [0.15, 0.2) is 47.5 Å². The smallest absolute Gasteiger partial charge is 0.246 e. The number of nitrogens with one attached hydrogen (secondary N) is 1. The highest BCUT2D eigenvalue weighted by molar-refractivity contribution is 7.89. The molecule has 4 rings (SSSR count). The second-order valence-corrected chi connectivity index (χ2v) is 10.7. The van der Waals surface area contributed by atoms with Gasteiger partial charge in [-0.2, -0.15) is 4.31 Å². The van der Waals surface area contributed by atoms with E-state index >= 15 is 0 Å². The number of pyridine rings is 1. The molecule has 0 radical (unpaired) electrons. The molecule has 0 atom stereocenters. The predicted octanol–water partition coefficient (Wildman–Crippen LogP) is 3.64. The van der Waals surface area contributed by atoms with Crippen LogP contribution in [0.4, 0.5) is 0 Å². The predicted molar refractivity (Wildman–Crippen MR) is 116 cm³/mol. The van der Waals surface area contributed by atoms with Gasteiger partial charge in [-0.15, -0.1) is 0 Å². The minimum atomic E-state index is -3.71. The fraction of sp³-hybridized carbons (Fsp3) is 0.429. The zero-order chi connectivity index (χ0) is 21.4. The lowest BCUT2D eigenvalue weighted by Gasteiger charge is -2.31. The van der Waals surface area contributed by atoms with Crippen molar-refractivity contribution < 1.29 is 13.2 Å². The number of piperidine rings is 1. The summed E-state index contributed by atoms with van der Waals surface area (Å²) in [4.78, 5) is 16.6. The highest BCUT2D eigenvalue weighted by Gasteiger charge is 2.44. The highest BCUT2D eigenvalue weighted by atomic mass is 35.5. The van der Waals surface area contributed by atoms with Crippen molar-refractivity contribution in [3.8, 4) is 0 Å². The number of hydrogen-bond donors (Lipinski definition) is 1. The molecule has 9 heteroatoms. The zero-order valence-corrected chi connectivity index (χ0v) is 18.7. The molecule has 2 fully saturated rings. The van der Waals surface area contributed by atoms with Crippen LogP contribution in [-0.2, 0) is 20.2 Å². The van der Waals surface area contributed by atoms with Gasteiger partial charge >= 0.3 is 0 Å². The molecular formula is C21H23Cl2N3O3S. The zero-order valence-electron chi connectivity index (χ0n) is 16.4. The van der Waals surface area contributed by atoms with Crippen molar-refractivity contribution in [2.45, 2.75) is 36.0 Å². The van der Waals surface area contributed by atoms with Gasteiger partial charge in [0.2, 0.25) is 15.9 Å². The Morgan fingerprint density at radius 3 is 2.40 bits per heavy atom. The number of nitrogens with zero attached hydrogens (tertiary/aromatic N) is 2. The number of aromatic nitrogens is 1. The standard InChI is InChI=1S/C21H23Cl2N3O3S/c22-17-5-3-16(4-6-17)21(9-10-21)14-25-20(27)15-7-12-26(13-8-15)30(28,29)18-2-1-11-24-19(18)23/h1-6,11,15H,7-10,12-14H2,(H,25,27). The molecule has 1 N–H and O–H groups in total. The Bertz CT molecular complexity index is 1030. The summed E-state index contributed by atoms with van der Waals surface area (Å²) in [7, 11) is -3.71. The summed E-state index contributed by atoms with van der Waals surface area (Å²) in [6.45, 7) is 1.17. The number of carbonyl (C=O) groups is 1. The van der Waals surface area contributed by atoms with Gasteiger partial charge in [0.05, 0.1) is 0 Å². The van der Waals surface area contributed by atoms with Gasteiger partial charge in [-0.05, 0) is 55.5 Å². The molecule has 1 saturated heterocycles. The molecule has 2 aromatic rings. The van der Waals surface area contributed by atoms with Crippen molar-refractivity contribution >= 4 is 39.1 Å². The van der Waals surface area contributed by atoms with E-state index < -0.39 is 10.0 Å². The number of sulfonamides is 1. The first-order valence-electron chi connectivity index (χ1n) is 9.96. The monoisotopic (exact) mass is 467 g/mol. The summed E-state index contributed by atoms with van der Waals surface area (Å²) in [5.74, 6) is -0.200. The maximum Gasteiger partial charge on any atom is 0.246 e. The van der Waals surface area contributed by atoms with Gasteiger partial charge in [-0.25, -0.2) is 13.4 Å². The molecule has 6 nitrogen and oxygen atoms in total. The Balaban J connectivity index is 1.33. The molecule has 1 aliphatic carbocycles. The molecular weight excluding hydrogens is 445 g/mol. The lowest BCUT2D eigenvalue weighted by atomic mass is 9.94. The van der Waals surface area contributed by atoms with Crippen molar-refractivity contribution in [1.29, 1.82) is 0 Å². The van der Waals surface area contributed by atoms with Crippen LogP contribution in [0.2, 0.25) is 10.2 Å². The van der Waals surface area contributed by atoms with Crippen LogP contribution < -0.4 is 5.32 Å². The molecule has 160 valence electrons. The Hall–Kier alpha value is -1.67. The lowest BCUT2D eigenvalue weighted by molar-refractivity contribution is -0.126. The van der Waals surface area contributed by atoms with Crippen LogP contribution in [-0.4, -0.2) is 43.2 Å². The van der Waals surface area contributed by atoms with Gasteiger partial charge in [0, 0.05) is 42.2 Å². The van der Waals surface area contributed by atoms with Crippen molar-refractivity contribution in [3.05, 3.63) is 58.3 Å². The maximum atomic E-state index is 12.8. The van der Waals surface area contributed by atoms with E-state index in [0.29, 0.717) is 24.4 Å². The molecule has 1 aromatic carbocycles. The number of benzene rings is 1. The number of carbonyl (C=O) groups excluding carboxylic acids is 1. The second kappa shape index (κ2) is 8.46. The third-order valence-corrected chi connectivity index (χ3v) is 8.67. The second-order valence-electron chi connectivity index (χ2n) is 7.98. The average Bonchev–Trinajstić information content (AvgIpc) is 3.54. The topological polar surface area (TPSA) is 79.4 Å². The molecule has 0 unspecified atom stereocenters. The van der Waals surface area contributed by atoms with Gasteiger partial charge in [-0.3, -0.25) is 4.79 Å². The van der Waals surface area contributed by atoms with Crippen LogP contribution in [0.1, 0.15) is 31.2 Å². The summed E-state index contributed by atoms with van der Waals surface area (Å²) in [5, 5.41) is 3.76. The van der Waals surface area contributed by atoms with Gasteiger partial charge < -0.3 is 5.32 Å². The normalized spacial score (nSPS) is 19.4. The van der Waals surface area contributed by atoms with Crippen molar-refractivity contribution in [3.63, 3.8) is 0 Å². The molecule has 1 aromatic heterocycles. The van der Waals surface area contributed by atoms with E-state index in [9.17, 15) is 13.2 Å². The highest BCUT2D eigenvalue weighted by Crippen LogP contribution is 2.47. The van der Waals surface area contributed by atoms with Gasteiger partial charge in [0.1, 0.15) is 10.0 Å². The Kier molecular flexibility index (Phi) is 6.08. The van der Waals surface area contributed by atoms with E-state index in [4.69, 9.17) is 23.2 Å². The molecule has 0 spiro atoms. The molecule has 2 aliphatic rings. The van der Waals surface area contributed by atoms with Crippen molar-refractivity contribution in [2.75, 3.05) is 19.6 Å². The SMILES string of the molecule is O=C(NCC1(c2ccc(Cl)cc2)CC1)C1CCN(S(=O)(=O)c2cccnc2Cl)CC1. The third-order valence-electron chi connectivity index (χ3n) is 6.08.